The standard InChI is InChI=1S/C12H11Br2NO/c1-15-7-9-3-5-12(16-9)10-4-2-8(13)6-11(10)14/h2-6,15H,7H2,1H3. The first-order valence-electron chi connectivity index (χ1n) is 4.89. The third kappa shape index (κ3) is 2.56. The van der Waals surface area contributed by atoms with Crippen LogP contribution in [0.15, 0.2) is 43.7 Å². The third-order valence-electron chi connectivity index (χ3n) is 2.21. The van der Waals surface area contributed by atoms with E-state index < -0.39 is 0 Å². The highest BCUT2D eigenvalue weighted by molar-refractivity contribution is 9.11. The molecule has 0 radical (unpaired) electrons. The van der Waals surface area contributed by atoms with E-state index in [9.17, 15) is 0 Å². The minimum Gasteiger partial charge on any atom is -0.460 e. The Bertz CT molecular complexity index is 494. The van der Waals surface area contributed by atoms with Gasteiger partial charge in [0.05, 0.1) is 6.54 Å². The Morgan fingerprint density at radius 3 is 2.69 bits per heavy atom. The Morgan fingerprint density at radius 2 is 2.00 bits per heavy atom. The monoisotopic (exact) mass is 343 g/mol. The summed E-state index contributed by atoms with van der Waals surface area (Å²) in [6, 6.07) is 10.0. The highest BCUT2D eigenvalue weighted by Gasteiger charge is 2.08. The van der Waals surface area contributed by atoms with Gasteiger partial charge in [-0.3, -0.25) is 0 Å². The van der Waals surface area contributed by atoms with Gasteiger partial charge in [0.25, 0.3) is 0 Å². The molecule has 0 spiro atoms. The Hall–Kier alpha value is -0.580. The van der Waals surface area contributed by atoms with Crippen LogP contribution in [0.5, 0.6) is 0 Å². The molecule has 1 aromatic carbocycles. The topological polar surface area (TPSA) is 25.2 Å². The molecule has 0 saturated carbocycles. The maximum Gasteiger partial charge on any atom is 0.135 e. The molecule has 0 aliphatic heterocycles. The highest BCUT2D eigenvalue weighted by Crippen LogP contribution is 2.31. The van der Waals surface area contributed by atoms with Crippen LogP contribution in [0.1, 0.15) is 5.76 Å². The fraction of sp³-hybridized carbons (Fsp3) is 0.167. The second-order valence-electron chi connectivity index (χ2n) is 3.42. The van der Waals surface area contributed by atoms with E-state index in [1.54, 1.807) is 0 Å². The SMILES string of the molecule is CNCc1ccc(-c2ccc(Br)cc2Br)o1. The van der Waals surface area contributed by atoms with E-state index in [0.717, 1.165) is 32.6 Å². The zero-order chi connectivity index (χ0) is 11.5. The Morgan fingerprint density at radius 1 is 1.19 bits per heavy atom. The van der Waals surface area contributed by atoms with E-state index in [1.165, 1.54) is 0 Å². The van der Waals surface area contributed by atoms with Gasteiger partial charge in [-0.1, -0.05) is 15.9 Å². The summed E-state index contributed by atoms with van der Waals surface area (Å²) < 4.78 is 7.79. The lowest BCUT2D eigenvalue weighted by molar-refractivity contribution is 0.507. The van der Waals surface area contributed by atoms with Crippen LogP contribution in [0.3, 0.4) is 0 Å². The number of rotatable bonds is 3. The summed E-state index contributed by atoms with van der Waals surface area (Å²) in [6.45, 7) is 0.744. The molecule has 1 N–H and O–H groups in total. The first kappa shape index (κ1) is 11.9. The summed E-state index contributed by atoms with van der Waals surface area (Å²) in [4.78, 5) is 0. The van der Waals surface area contributed by atoms with E-state index in [0.29, 0.717) is 0 Å². The number of furan rings is 1. The number of benzene rings is 1. The van der Waals surface area contributed by atoms with Gasteiger partial charge >= 0.3 is 0 Å². The van der Waals surface area contributed by atoms with Crippen molar-refractivity contribution in [3.05, 3.63) is 45.0 Å². The lowest BCUT2D eigenvalue weighted by atomic mass is 10.2. The lowest BCUT2D eigenvalue weighted by Crippen LogP contribution is -2.03. The molecule has 84 valence electrons. The predicted octanol–water partition coefficient (Wildman–Crippen LogP) is 4.19. The maximum absolute atomic E-state index is 5.72. The second-order valence-corrected chi connectivity index (χ2v) is 5.19. The minimum absolute atomic E-state index is 0.744. The number of halogens is 2. The number of nitrogens with one attached hydrogen (secondary N) is 1. The summed E-state index contributed by atoms with van der Waals surface area (Å²) in [5.74, 6) is 1.82. The van der Waals surface area contributed by atoms with Crippen LogP contribution in [0.25, 0.3) is 11.3 Å². The van der Waals surface area contributed by atoms with Gasteiger partial charge in [-0.05, 0) is 53.3 Å². The molecule has 0 aliphatic rings. The first-order valence-corrected chi connectivity index (χ1v) is 6.48. The van der Waals surface area contributed by atoms with E-state index in [1.807, 2.05) is 37.4 Å². The maximum atomic E-state index is 5.72. The molecule has 1 heterocycles. The smallest absolute Gasteiger partial charge is 0.135 e. The Balaban J connectivity index is 2.35. The first-order chi connectivity index (χ1) is 7.70. The molecule has 16 heavy (non-hydrogen) atoms. The molecule has 4 heteroatoms. The van der Waals surface area contributed by atoms with Crippen LogP contribution in [0, 0.1) is 0 Å². The van der Waals surface area contributed by atoms with Crippen LogP contribution in [-0.2, 0) is 6.54 Å². The van der Waals surface area contributed by atoms with Gasteiger partial charge in [0.15, 0.2) is 0 Å². The molecule has 0 amide bonds. The van der Waals surface area contributed by atoms with Crippen molar-refractivity contribution in [3.8, 4) is 11.3 Å². The zero-order valence-electron chi connectivity index (χ0n) is 8.76. The van der Waals surface area contributed by atoms with Crippen LogP contribution in [-0.4, -0.2) is 7.05 Å². The summed E-state index contributed by atoms with van der Waals surface area (Å²) in [5, 5.41) is 3.06. The fourth-order valence-electron chi connectivity index (χ4n) is 1.48. The molecule has 0 saturated heterocycles. The van der Waals surface area contributed by atoms with Gasteiger partial charge in [0.1, 0.15) is 11.5 Å². The fourth-order valence-corrected chi connectivity index (χ4v) is 2.72. The Kier molecular flexibility index (Phi) is 3.84. The van der Waals surface area contributed by atoms with Crippen molar-refractivity contribution in [2.75, 3.05) is 7.05 Å². The van der Waals surface area contributed by atoms with Crippen LogP contribution in [0.4, 0.5) is 0 Å². The minimum atomic E-state index is 0.744. The van der Waals surface area contributed by atoms with Crippen molar-refractivity contribution in [3.63, 3.8) is 0 Å². The average Bonchev–Trinajstić information content (AvgIpc) is 2.67. The molecule has 2 nitrogen and oxygen atoms in total. The largest absolute Gasteiger partial charge is 0.460 e. The van der Waals surface area contributed by atoms with E-state index >= 15 is 0 Å². The molecule has 1 aromatic heterocycles. The van der Waals surface area contributed by atoms with Crippen molar-refractivity contribution < 1.29 is 4.42 Å². The predicted molar refractivity (Wildman–Crippen MR) is 72.3 cm³/mol. The third-order valence-corrected chi connectivity index (χ3v) is 3.36. The van der Waals surface area contributed by atoms with E-state index in [2.05, 4.69) is 37.2 Å². The van der Waals surface area contributed by atoms with Crippen LogP contribution >= 0.6 is 31.9 Å². The average molecular weight is 345 g/mol. The van der Waals surface area contributed by atoms with Gasteiger partial charge in [0, 0.05) is 14.5 Å². The van der Waals surface area contributed by atoms with Crippen molar-refractivity contribution in [2.45, 2.75) is 6.54 Å². The number of hydrogen-bond acceptors (Lipinski definition) is 2. The number of hydrogen-bond donors (Lipinski definition) is 1. The van der Waals surface area contributed by atoms with Gasteiger partial charge in [0.2, 0.25) is 0 Å². The van der Waals surface area contributed by atoms with E-state index in [4.69, 9.17) is 4.42 Å². The van der Waals surface area contributed by atoms with Crippen LogP contribution in [0.2, 0.25) is 0 Å². The molecule has 0 bridgehead atoms. The molecular formula is C12H11Br2NO. The van der Waals surface area contributed by atoms with Gasteiger partial charge in [-0.15, -0.1) is 0 Å². The molecule has 2 aromatic rings. The molecule has 0 unspecified atom stereocenters. The lowest BCUT2D eigenvalue weighted by Gasteiger charge is -2.01. The van der Waals surface area contributed by atoms with Crippen molar-refractivity contribution in [2.24, 2.45) is 0 Å². The van der Waals surface area contributed by atoms with Gasteiger partial charge < -0.3 is 9.73 Å². The quantitative estimate of drug-likeness (QED) is 0.903. The summed E-state index contributed by atoms with van der Waals surface area (Å²) in [7, 11) is 1.90. The summed E-state index contributed by atoms with van der Waals surface area (Å²) in [5.41, 5.74) is 1.06. The van der Waals surface area contributed by atoms with Crippen molar-refractivity contribution in [1.82, 2.24) is 5.32 Å². The molecular weight excluding hydrogens is 334 g/mol. The highest BCUT2D eigenvalue weighted by atomic mass is 79.9. The summed E-state index contributed by atoms with van der Waals surface area (Å²) >= 11 is 6.95. The summed E-state index contributed by atoms with van der Waals surface area (Å²) in [6.07, 6.45) is 0. The van der Waals surface area contributed by atoms with Crippen LogP contribution < -0.4 is 5.32 Å². The molecule has 2 rings (SSSR count). The van der Waals surface area contributed by atoms with Crippen molar-refractivity contribution >= 4 is 31.9 Å². The van der Waals surface area contributed by atoms with Gasteiger partial charge in [-0.25, -0.2) is 0 Å². The molecule has 0 atom stereocenters. The Labute approximate surface area is 111 Å². The second kappa shape index (κ2) is 5.17. The molecule has 0 aliphatic carbocycles. The van der Waals surface area contributed by atoms with Gasteiger partial charge in [-0.2, -0.15) is 0 Å². The molecule has 0 fully saturated rings. The zero-order valence-corrected chi connectivity index (χ0v) is 11.9. The van der Waals surface area contributed by atoms with E-state index in [-0.39, 0.29) is 0 Å². The normalized spacial score (nSPS) is 10.7. The van der Waals surface area contributed by atoms with Crippen molar-refractivity contribution in [1.29, 1.82) is 0 Å².